The monoisotopic (exact) mass is 689 g/mol. The second kappa shape index (κ2) is 16.9. The van der Waals surface area contributed by atoms with Gasteiger partial charge in [0.25, 0.3) is 0 Å². The van der Waals surface area contributed by atoms with Crippen molar-refractivity contribution in [2.24, 2.45) is 0 Å². The van der Waals surface area contributed by atoms with Gasteiger partial charge in [-0.25, -0.2) is 0 Å². The van der Waals surface area contributed by atoms with Crippen LogP contribution in [0.25, 0.3) is 19.5 Å². The van der Waals surface area contributed by atoms with E-state index >= 15 is 0 Å². The Balaban J connectivity index is 1.41. The van der Waals surface area contributed by atoms with E-state index < -0.39 is 0 Å². The van der Waals surface area contributed by atoms with Crippen molar-refractivity contribution in [2.75, 3.05) is 4.81 Å². The van der Waals surface area contributed by atoms with Crippen molar-refractivity contribution in [3.63, 3.8) is 0 Å². The SMILES string of the molecule is CCCCCCc1cc2c(s1)-c1sc(CCCCCC)cc1N1B2c2cc(CCCCCC)sc2-c2sc(CCCCCC)cc21. The summed E-state index contributed by atoms with van der Waals surface area (Å²) in [4.78, 5) is 15.5. The lowest BCUT2D eigenvalue weighted by Crippen LogP contribution is -2.58. The van der Waals surface area contributed by atoms with Crippen LogP contribution in [0, 0.1) is 0 Å². The molecule has 0 fully saturated rings. The van der Waals surface area contributed by atoms with Gasteiger partial charge in [-0.1, -0.05) is 117 Å². The number of aryl methyl sites for hydroxylation is 4. The van der Waals surface area contributed by atoms with Crippen molar-refractivity contribution < 1.29 is 0 Å². The van der Waals surface area contributed by atoms with Crippen LogP contribution in [0.1, 0.15) is 150 Å². The number of thiophene rings is 4. The topological polar surface area (TPSA) is 3.24 Å². The molecule has 0 aromatic carbocycles. The first-order valence-electron chi connectivity index (χ1n) is 19.0. The first-order valence-corrected chi connectivity index (χ1v) is 22.2. The molecule has 0 bridgehead atoms. The summed E-state index contributed by atoms with van der Waals surface area (Å²) in [6.45, 7) is 9.61. The van der Waals surface area contributed by atoms with E-state index in [1.165, 1.54) is 140 Å². The van der Waals surface area contributed by atoms with Gasteiger partial charge in [0.15, 0.2) is 0 Å². The fraction of sp³-hybridized carbons (Fsp3) is 0.600. The maximum Gasteiger partial charge on any atom is 0.331 e. The molecule has 6 heteroatoms. The number of hydrogen-bond donors (Lipinski definition) is 0. The highest BCUT2D eigenvalue weighted by atomic mass is 32.1. The van der Waals surface area contributed by atoms with Crippen LogP contribution in [0.3, 0.4) is 0 Å². The third-order valence-electron chi connectivity index (χ3n) is 10.0. The molecule has 6 heterocycles. The number of rotatable bonds is 20. The normalized spacial score (nSPS) is 13.1. The quantitative estimate of drug-likeness (QED) is 0.0659. The Morgan fingerprint density at radius 1 is 0.413 bits per heavy atom. The predicted octanol–water partition coefficient (Wildman–Crippen LogP) is 13.3. The maximum absolute atomic E-state index is 2.83. The third-order valence-corrected chi connectivity index (χ3v) is 15.2. The molecule has 0 saturated heterocycles. The van der Waals surface area contributed by atoms with Gasteiger partial charge >= 0.3 is 6.85 Å². The summed E-state index contributed by atoms with van der Waals surface area (Å²) in [7, 11) is 0. The van der Waals surface area contributed by atoms with E-state index in [2.05, 4.69) is 102 Å². The van der Waals surface area contributed by atoms with Gasteiger partial charge in [-0.05, 0) is 74.4 Å². The molecule has 0 amide bonds. The van der Waals surface area contributed by atoms with Gasteiger partial charge in [0, 0.05) is 40.6 Å². The molecule has 46 heavy (non-hydrogen) atoms. The first kappa shape index (κ1) is 34.5. The molecule has 248 valence electrons. The zero-order valence-corrected chi connectivity index (χ0v) is 32.4. The summed E-state index contributed by atoms with van der Waals surface area (Å²) in [6.07, 6.45) is 26.3. The second-order valence-corrected chi connectivity index (χ2v) is 18.4. The summed E-state index contributed by atoms with van der Waals surface area (Å²) >= 11 is 8.49. The van der Waals surface area contributed by atoms with E-state index in [0.29, 0.717) is 6.85 Å². The molecule has 0 aliphatic carbocycles. The van der Waals surface area contributed by atoms with Gasteiger partial charge in [0.2, 0.25) is 0 Å². The highest BCUT2D eigenvalue weighted by Gasteiger charge is 2.46. The molecule has 0 N–H and O–H groups in total. The standard InChI is InChI=1S/C40H56BNS4/c1-5-9-13-17-21-29-25-33-37(43-29)39-35(27-31(45-39)23-19-15-11-7-3)42-36-28-32(24-20-16-12-8-4)46-40(36)38-34(41(33)42)26-30(44-38)22-18-14-10-6-2/h25-28H,5-24H2,1-4H3. The minimum Gasteiger partial charge on any atom is -0.374 e. The molecule has 0 spiro atoms. The van der Waals surface area contributed by atoms with E-state index in [1.54, 1.807) is 49.9 Å². The van der Waals surface area contributed by atoms with Crippen LogP contribution in [0.2, 0.25) is 0 Å². The Morgan fingerprint density at radius 3 is 1.09 bits per heavy atom. The van der Waals surface area contributed by atoms with Gasteiger partial charge in [0.1, 0.15) is 0 Å². The molecule has 0 unspecified atom stereocenters. The van der Waals surface area contributed by atoms with Crippen molar-refractivity contribution in [3.8, 4) is 19.5 Å². The van der Waals surface area contributed by atoms with Gasteiger partial charge in [-0.2, -0.15) is 0 Å². The number of unbranched alkanes of at least 4 members (excludes halogenated alkanes) is 12. The van der Waals surface area contributed by atoms with Gasteiger partial charge in [-0.15, -0.1) is 45.3 Å². The molecule has 6 rings (SSSR count). The fourth-order valence-corrected chi connectivity index (χ4v) is 12.6. The summed E-state index contributed by atoms with van der Waals surface area (Å²) in [5, 5.41) is 0. The summed E-state index contributed by atoms with van der Waals surface area (Å²) in [5.74, 6) is 0. The summed E-state index contributed by atoms with van der Waals surface area (Å²) in [6, 6.07) is 10.5. The van der Waals surface area contributed by atoms with E-state index in [9.17, 15) is 0 Å². The average molecular weight is 690 g/mol. The molecule has 1 nitrogen and oxygen atoms in total. The van der Waals surface area contributed by atoms with Crippen LogP contribution in [0.5, 0.6) is 0 Å². The molecular weight excluding hydrogens is 634 g/mol. The van der Waals surface area contributed by atoms with E-state index in [-0.39, 0.29) is 0 Å². The number of hydrogen-bond acceptors (Lipinski definition) is 5. The van der Waals surface area contributed by atoms with E-state index in [0.717, 1.165) is 0 Å². The Morgan fingerprint density at radius 2 is 0.739 bits per heavy atom. The number of fused-ring (bicyclic) bond motifs is 11. The molecule has 0 atom stereocenters. The van der Waals surface area contributed by atoms with E-state index in [1.807, 2.05) is 0 Å². The Hall–Kier alpha value is -1.34. The van der Waals surface area contributed by atoms with Gasteiger partial charge in [0.05, 0.1) is 9.75 Å². The predicted molar refractivity (Wildman–Crippen MR) is 214 cm³/mol. The smallest absolute Gasteiger partial charge is 0.331 e. The molecule has 0 radical (unpaired) electrons. The minimum absolute atomic E-state index is 0.316. The lowest BCUT2D eigenvalue weighted by molar-refractivity contribution is 0.670. The zero-order chi connectivity index (χ0) is 31.9. The lowest BCUT2D eigenvalue weighted by atomic mass is 9.46. The van der Waals surface area contributed by atoms with Crippen LogP contribution in [0.4, 0.5) is 11.4 Å². The average Bonchev–Trinajstić information content (AvgIpc) is 3.85. The van der Waals surface area contributed by atoms with Crippen molar-refractivity contribution in [1.29, 1.82) is 0 Å². The largest absolute Gasteiger partial charge is 0.374 e. The maximum atomic E-state index is 2.83. The Labute approximate surface area is 297 Å². The second-order valence-electron chi connectivity index (χ2n) is 13.9. The van der Waals surface area contributed by atoms with Crippen LogP contribution < -0.4 is 15.7 Å². The Kier molecular flexibility index (Phi) is 12.7. The first-order chi connectivity index (χ1) is 22.7. The van der Waals surface area contributed by atoms with Gasteiger partial charge < -0.3 is 4.81 Å². The van der Waals surface area contributed by atoms with Gasteiger partial charge in [-0.3, -0.25) is 0 Å². The van der Waals surface area contributed by atoms with Crippen LogP contribution in [0.15, 0.2) is 24.3 Å². The fourth-order valence-electron chi connectivity index (χ4n) is 7.47. The van der Waals surface area contributed by atoms with E-state index in [4.69, 9.17) is 0 Å². The minimum atomic E-state index is 0.316. The van der Waals surface area contributed by atoms with Crippen molar-refractivity contribution in [2.45, 2.75) is 156 Å². The molecule has 4 aromatic heterocycles. The molecular formula is C40H56BNS4. The summed E-state index contributed by atoms with van der Waals surface area (Å²) < 4.78 is 0. The van der Waals surface area contributed by atoms with Crippen LogP contribution in [-0.4, -0.2) is 6.85 Å². The number of anilines is 2. The number of nitrogens with zero attached hydrogens (tertiary/aromatic N) is 1. The van der Waals surface area contributed by atoms with Crippen LogP contribution in [-0.2, 0) is 25.7 Å². The zero-order valence-electron chi connectivity index (χ0n) is 29.1. The molecule has 2 aliphatic heterocycles. The lowest BCUT2D eigenvalue weighted by Gasteiger charge is -2.38. The van der Waals surface area contributed by atoms with Crippen molar-refractivity contribution in [1.82, 2.24) is 0 Å². The van der Waals surface area contributed by atoms with Crippen LogP contribution >= 0.6 is 45.3 Å². The highest BCUT2D eigenvalue weighted by molar-refractivity contribution is 7.27. The summed E-state index contributed by atoms with van der Waals surface area (Å²) in [5.41, 5.74) is 6.20. The van der Waals surface area contributed by atoms with Crippen molar-refractivity contribution >= 4 is 74.5 Å². The molecule has 4 aromatic rings. The molecule has 0 saturated carbocycles. The Bertz CT molecular complexity index is 1310. The molecule has 2 aliphatic rings. The highest BCUT2D eigenvalue weighted by Crippen LogP contribution is 2.54. The third kappa shape index (κ3) is 7.61. The van der Waals surface area contributed by atoms with Crippen molar-refractivity contribution in [3.05, 3.63) is 43.8 Å².